The third-order valence-corrected chi connectivity index (χ3v) is 3.64. The second-order valence-electron chi connectivity index (χ2n) is 3.50. The van der Waals surface area contributed by atoms with Crippen LogP contribution in [0.25, 0.3) is 0 Å². The molecule has 0 aliphatic carbocycles. The number of rotatable bonds is 1. The molecular weight excluding hydrogens is 200 g/mol. The van der Waals surface area contributed by atoms with Gasteiger partial charge in [-0.2, -0.15) is 0 Å². The van der Waals surface area contributed by atoms with Gasteiger partial charge in [0, 0.05) is 37.3 Å². The van der Waals surface area contributed by atoms with Gasteiger partial charge in [-0.25, -0.2) is 8.42 Å². The molecule has 0 aromatic heterocycles. The highest BCUT2D eigenvalue weighted by Crippen LogP contribution is 2.13. The zero-order valence-corrected chi connectivity index (χ0v) is 8.76. The molecule has 2 heterocycles. The van der Waals surface area contributed by atoms with E-state index in [1.54, 1.807) is 12.2 Å². The summed E-state index contributed by atoms with van der Waals surface area (Å²) >= 11 is 0. The molecule has 2 aliphatic rings. The van der Waals surface area contributed by atoms with Crippen LogP contribution in [0.1, 0.15) is 0 Å². The van der Waals surface area contributed by atoms with E-state index in [1.165, 1.54) is 5.41 Å². The molecule has 4 nitrogen and oxygen atoms in total. The first-order valence-electron chi connectivity index (χ1n) is 4.74. The van der Waals surface area contributed by atoms with Crippen molar-refractivity contribution < 1.29 is 8.42 Å². The van der Waals surface area contributed by atoms with Crippen LogP contribution >= 0.6 is 0 Å². The SMILES string of the molecule is O=S1(=O)C=CC(N2CCNCC2)=CC1. The molecule has 0 amide bonds. The Kier molecular flexibility index (Phi) is 2.60. The second kappa shape index (κ2) is 3.74. The molecule has 0 radical (unpaired) electrons. The Bertz CT molecular complexity index is 364. The average Bonchev–Trinajstić information content (AvgIpc) is 2.19. The van der Waals surface area contributed by atoms with Gasteiger partial charge in [0.1, 0.15) is 0 Å². The molecule has 0 aromatic carbocycles. The summed E-state index contributed by atoms with van der Waals surface area (Å²) in [5.41, 5.74) is 1.04. The van der Waals surface area contributed by atoms with Gasteiger partial charge in [-0.15, -0.1) is 0 Å². The van der Waals surface area contributed by atoms with Crippen molar-refractivity contribution in [1.29, 1.82) is 0 Å². The van der Waals surface area contributed by atoms with Gasteiger partial charge < -0.3 is 10.2 Å². The first-order valence-corrected chi connectivity index (χ1v) is 6.46. The molecule has 1 saturated heterocycles. The molecule has 2 aliphatic heterocycles. The third-order valence-electron chi connectivity index (χ3n) is 2.45. The minimum atomic E-state index is -2.95. The lowest BCUT2D eigenvalue weighted by Crippen LogP contribution is -2.42. The van der Waals surface area contributed by atoms with E-state index in [0.717, 1.165) is 31.9 Å². The molecular formula is C9H14N2O2S. The lowest BCUT2D eigenvalue weighted by molar-refractivity contribution is 0.307. The molecule has 2 rings (SSSR count). The van der Waals surface area contributed by atoms with Gasteiger partial charge in [-0.1, -0.05) is 0 Å². The Morgan fingerprint density at radius 1 is 1.29 bits per heavy atom. The zero-order valence-electron chi connectivity index (χ0n) is 7.94. The summed E-state index contributed by atoms with van der Waals surface area (Å²) in [5.74, 6) is 0.142. The lowest BCUT2D eigenvalue weighted by Gasteiger charge is -2.31. The van der Waals surface area contributed by atoms with E-state index in [2.05, 4.69) is 10.2 Å². The van der Waals surface area contributed by atoms with Gasteiger partial charge in [0.15, 0.2) is 9.84 Å². The number of piperazine rings is 1. The van der Waals surface area contributed by atoms with Crippen molar-refractivity contribution in [2.24, 2.45) is 0 Å². The predicted molar refractivity (Wildman–Crippen MR) is 55.5 cm³/mol. The molecule has 1 fully saturated rings. The summed E-state index contributed by atoms with van der Waals surface area (Å²) in [5, 5.41) is 4.57. The van der Waals surface area contributed by atoms with Crippen molar-refractivity contribution in [2.75, 3.05) is 31.9 Å². The number of hydrogen-bond acceptors (Lipinski definition) is 4. The zero-order chi connectivity index (χ0) is 10.0. The first kappa shape index (κ1) is 9.73. The highest BCUT2D eigenvalue weighted by molar-refractivity contribution is 7.94. The average molecular weight is 214 g/mol. The van der Waals surface area contributed by atoms with Crippen LogP contribution in [0.5, 0.6) is 0 Å². The maximum Gasteiger partial charge on any atom is 0.175 e. The van der Waals surface area contributed by atoms with Crippen LogP contribution in [0.2, 0.25) is 0 Å². The van der Waals surface area contributed by atoms with E-state index < -0.39 is 9.84 Å². The Morgan fingerprint density at radius 3 is 2.57 bits per heavy atom. The van der Waals surface area contributed by atoms with Crippen molar-refractivity contribution in [3.63, 3.8) is 0 Å². The Balaban J connectivity index is 2.07. The van der Waals surface area contributed by atoms with Gasteiger partial charge in [-0.3, -0.25) is 0 Å². The quantitative estimate of drug-likeness (QED) is 0.652. The minimum absolute atomic E-state index is 0.142. The van der Waals surface area contributed by atoms with Crippen molar-refractivity contribution in [3.05, 3.63) is 23.3 Å². The summed E-state index contributed by atoms with van der Waals surface area (Å²) in [7, 11) is -2.95. The van der Waals surface area contributed by atoms with E-state index in [4.69, 9.17) is 0 Å². The topological polar surface area (TPSA) is 49.4 Å². The van der Waals surface area contributed by atoms with E-state index in [0.29, 0.717) is 0 Å². The Labute approximate surface area is 84.2 Å². The van der Waals surface area contributed by atoms with Gasteiger partial charge >= 0.3 is 0 Å². The van der Waals surface area contributed by atoms with Crippen molar-refractivity contribution in [3.8, 4) is 0 Å². The Hall–Kier alpha value is -0.810. The minimum Gasteiger partial charge on any atom is -0.369 e. The largest absolute Gasteiger partial charge is 0.369 e. The van der Waals surface area contributed by atoms with E-state index in [9.17, 15) is 8.42 Å². The molecule has 14 heavy (non-hydrogen) atoms. The fourth-order valence-electron chi connectivity index (χ4n) is 1.66. The molecule has 0 spiro atoms. The summed E-state index contributed by atoms with van der Waals surface area (Å²) in [6, 6.07) is 0. The number of allylic oxidation sites excluding steroid dienone is 1. The lowest BCUT2D eigenvalue weighted by atomic mass is 10.3. The van der Waals surface area contributed by atoms with Crippen LogP contribution in [0.15, 0.2) is 23.3 Å². The predicted octanol–water partition coefficient (Wildman–Crippen LogP) is -0.282. The van der Waals surface area contributed by atoms with Gasteiger partial charge in [-0.05, 0) is 12.2 Å². The summed E-state index contributed by atoms with van der Waals surface area (Å²) in [6.45, 7) is 3.85. The normalized spacial score (nSPS) is 26.0. The fraction of sp³-hybridized carbons (Fsp3) is 0.556. The van der Waals surface area contributed by atoms with Gasteiger partial charge in [0.05, 0.1) is 5.75 Å². The monoisotopic (exact) mass is 214 g/mol. The molecule has 0 saturated carbocycles. The van der Waals surface area contributed by atoms with Gasteiger partial charge in [0.2, 0.25) is 0 Å². The fourth-order valence-corrected chi connectivity index (χ4v) is 2.52. The molecule has 0 aromatic rings. The highest BCUT2D eigenvalue weighted by Gasteiger charge is 2.16. The van der Waals surface area contributed by atoms with E-state index >= 15 is 0 Å². The molecule has 0 atom stereocenters. The van der Waals surface area contributed by atoms with Crippen LogP contribution in [0, 0.1) is 0 Å². The van der Waals surface area contributed by atoms with Crippen LogP contribution in [-0.4, -0.2) is 45.2 Å². The third kappa shape index (κ3) is 2.16. The van der Waals surface area contributed by atoms with Crippen molar-refractivity contribution in [1.82, 2.24) is 10.2 Å². The van der Waals surface area contributed by atoms with Crippen LogP contribution in [0.4, 0.5) is 0 Å². The smallest absolute Gasteiger partial charge is 0.175 e. The molecule has 5 heteroatoms. The second-order valence-corrected chi connectivity index (χ2v) is 5.43. The van der Waals surface area contributed by atoms with E-state index in [1.807, 2.05) is 0 Å². The van der Waals surface area contributed by atoms with Crippen LogP contribution < -0.4 is 5.32 Å². The summed E-state index contributed by atoms with van der Waals surface area (Å²) < 4.78 is 22.2. The maximum atomic E-state index is 11.1. The van der Waals surface area contributed by atoms with Gasteiger partial charge in [0.25, 0.3) is 0 Å². The molecule has 78 valence electrons. The summed E-state index contributed by atoms with van der Waals surface area (Å²) in [4.78, 5) is 2.21. The summed E-state index contributed by atoms with van der Waals surface area (Å²) in [6.07, 6.45) is 3.49. The van der Waals surface area contributed by atoms with Crippen molar-refractivity contribution in [2.45, 2.75) is 0 Å². The van der Waals surface area contributed by atoms with E-state index in [-0.39, 0.29) is 5.75 Å². The molecule has 0 unspecified atom stereocenters. The van der Waals surface area contributed by atoms with Crippen LogP contribution in [0.3, 0.4) is 0 Å². The van der Waals surface area contributed by atoms with Crippen molar-refractivity contribution >= 4 is 9.84 Å². The molecule has 0 bridgehead atoms. The number of nitrogens with zero attached hydrogens (tertiary/aromatic N) is 1. The maximum absolute atomic E-state index is 11.1. The number of sulfone groups is 1. The van der Waals surface area contributed by atoms with Crippen LogP contribution in [-0.2, 0) is 9.84 Å². The first-order chi connectivity index (χ1) is 6.67. The highest BCUT2D eigenvalue weighted by atomic mass is 32.2. The number of nitrogens with one attached hydrogen (secondary N) is 1. The standard InChI is InChI=1S/C9H14N2O2S/c12-14(13)7-1-9(2-8-14)11-5-3-10-4-6-11/h1-2,7,10H,3-6,8H2. The Morgan fingerprint density at radius 2 is 2.00 bits per heavy atom. The number of hydrogen-bond donors (Lipinski definition) is 1. The molecule has 1 N–H and O–H groups in total.